The molecule has 0 aromatic heterocycles. The Morgan fingerprint density at radius 3 is 2.60 bits per heavy atom. The van der Waals surface area contributed by atoms with E-state index in [0.29, 0.717) is 12.0 Å². The molecule has 0 N–H and O–H groups in total. The zero-order valence-corrected chi connectivity index (χ0v) is 15.3. The van der Waals surface area contributed by atoms with Gasteiger partial charge in [-0.25, -0.2) is 12.8 Å². The lowest BCUT2D eigenvalue weighted by molar-refractivity contribution is 0.293. The highest BCUT2D eigenvalue weighted by atomic mass is 32.2. The Balaban J connectivity index is 1.73. The highest BCUT2D eigenvalue weighted by molar-refractivity contribution is 7.89. The van der Waals surface area contributed by atoms with Gasteiger partial charge in [-0.1, -0.05) is 6.07 Å². The van der Waals surface area contributed by atoms with Crippen LogP contribution in [0, 0.1) is 23.1 Å². The summed E-state index contributed by atoms with van der Waals surface area (Å²) in [6, 6.07) is 7.23. The molecule has 0 bridgehead atoms. The summed E-state index contributed by atoms with van der Waals surface area (Å²) in [5, 5.41) is 8.97. The van der Waals surface area contributed by atoms with E-state index < -0.39 is 10.0 Å². The number of hydrogen-bond acceptors (Lipinski definition) is 4. The van der Waals surface area contributed by atoms with Crippen LogP contribution in [0.3, 0.4) is 0 Å². The largest absolute Gasteiger partial charge is 0.371 e. The zero-order valence-electron chi connectivity index (χ0n) is 14.5. The molecule has 1 atom stereocenters. The molecule has 2 fully saturated rings. The maximum Gasteiger partial charge on any atom is 0.214 e. The van der Waals surface area contributed by atoms with E-state index in [1.807, 2.05) is 13.0 Å². The van der Waals surface area contributed by atoms with E-state index in [1.165, 1.54) is 10.4 Å². The lowest BCUT2D eigenvalue weighted by atomic mass is 9.98. The average molecular weight is 365 g/mol. The molecule has 0 radical (unpaired) electrons. The topological polar surface area (TPSA) is 64.4 Å². The summed E-state index contributed by atoms with van der Waals surface area (Å²) in [6.07, 6.45) is 3.07. The van der Waals surface area contributed by atoms with Crippen LogP contribution < -0.4 is 4.90 Å². The fourth-order valence-electron chi connectivity index (χ4n) is 3.65. The number of rotatable bonds is 3. The van der Waals surface area contributed by atoms with Gasteiger partial charge in [0.25, 0.3) is 0 Å². The maximum absolute atomic E-state index is 14.6. The van der Waals surface area contributed by atoms with Crippen LogP contribution in [0.5, 0.6) is 0 Å². The van der Waals surface area contributed by atoms with Crippen molar-refractivity contribution in [3.05, 3.63) is 29.6 Å². The highest BCUT2D eigenvalue weighted by Gasteiger charge is 2.32. The van der Waals surface area contributed by atoms with Crippen molar-refractivity contribution in [1.82, 2.24) is 4.31 Å². The minimum Gasteiger partial charge on any atom is -0.371 e. The van der Waals surface area contributed by atoms with Gasteiger partial charge in [0.1, 0.15) is 5.82 Å². The molecule has 1 aromatic rings. The lowest BCUT2D eigenvalue weighted by Gasteiger charge is -2.33. The molecule has 0 unspecified atom stereocenters. The van der Waals surface area contributed by atoms with Gasteiger partial charge in [-0.05, 0) is 44.7 Å². The summed E-state index contributed by atoms with van der Waals surface area (Å²) in [7, 11) is -3.30. The second-order valence-electron chi connectivity index (χ2n) is 7.02. The molecule has 2 heterocycles. The maximum atomic E-state index is 14.6. The number of benzene rings is 1. The van der Waals surface area contributed by atoms with Crippen LogP contribution >= 0.6 is 0 Å². The van der Waals surface area contributed by atoms with E-state index in [0.717, 1.165) is 38.0 Å². The lowest BCUT2D eigenvalue weighted by Crippen LogP contribution is -2.43. The number of nitrogens with zero attached hydrogens (tertiary/aromatic N) is 3. The van der Waals surface area contributed by atoms with Gasteiger partial charge in [-0.2, -0.15) is 9.57 Å². The molecule has 7 heteroatoms. The van der Waals surface area contributed by atoms with Gasteiger partial charge >= 0.3 is 0 Å². The van der Waals surface area contributed by atoms with E-state index in [4.69, 9.17) is 5.26 Å². The molecule has 2 aliphatic rings. The molecule has 136 valence electrons. The Bertz CT molecular complexity index is 767. The first-order chi connectivity index (χ1) is 11.9. The second-order valence-corrected chi connectivity index (χ2v) is 9.06. The summed E-state index contributed by atoms with van der Waals surface area (Å²) < 4.78 is 40.5. The van der Waals surface area contributed by atoms with Crippen LogP contribution in [0.25, 0.3) is 0 Å². The van der Waals surface area contributed by atoms with Crippen molar-refractivity contribution in [3.63, 3.8) is 0 Å². The van der Waals surface area contributed by atoms with Gasteiger partial charge in [-0.15, -0.1) is 0 Å². The van der Waals surface area contributed by atoms with Gasteiger partial charge in [0.05, 0.1) is 11.8 Å². The summed E-state index contributed by atoms with van der Waals surface area (Å²) in [5.74, 6) is -0.135. The van der Waals surface area contributed by atoms with Gasteiger partial charge in [-0.3, -0.25) is 0 Å². The summed E-state index contributed by atoms with van der Waals surface area (Å²) in [4.78, 5) is 2.08. The predicted octanol–water partition coefficient (Wildman–Crippen LogP) is 2.88. The smallest absolute Gasteiger partial charge is 0.214 e. The first-order valence-corrected chi connectivity index (χ1v) is 10.4. The van der Waals surface area contributed by atoms with Crippen molar-refractivity contribution in [2.75, 3.05) is 23.7 Å². The van der Waals surface area contributed by atoms with Crippen molar-refractivity contribution in [2.24, 2.45) is 5.92 Å². The second kappa shape index (κ2) is 7.30. The van der Waals surface area contributed by atoms with Gasteiger partial charge < -0.3 is 4.90 Å². The molecular formula is C18H24FN3O2S. The fraction of sp³-hybridized carbons (Fsp3) is 0.611. The van der Waals surface area contributed by atoms with E-state index in [9.17, 15) is 12.8 Å². The number of halogens is 1. The Kier molecular flexibility index (Phi) is 5.30. The van der Waals surface area contributed by atoms with E-state index in [2.05, 4.69) is 11.0 Å². The van der Waals surface area contributed by atoms with Crippen LogP contribution in [0.1, 0.15) is 38.2 Å². The molecule has 1 aromatic carbocycles. The minimum absolute atomic E-state index is 0.0890. The van der Waals surface area contributed by atoms with Crippen LogP contribution in [0.2, 0.25) is 0 Å². The third-order valence-corrected chi connectivity index (χ3v) is 7.29. The Hall–Kier alpha value is -1.65. The van der Waals surface area contributed by atoms with Gasteiger partial charge in [0.2, 0.25) is 10.0 Å². The third-order valence-electron chi connectivity index (χ3n) is 5.28. The van der Waals surface area contributed by atoms with Gasteiger partial charge in [0, 0.05) is 42.8 Å². The molecule has 2 aliphatic heterocycles. The zero-order chi connectivity index (χ0) is 18.0. The van der Waals surface area contributed by atoms with Crippen LogP contribution in [-0.2, 0) is 16.6 Å². The predicted molar refractivity (Wildman–Crippen MR) is 95.0 cm³/mol. The molecule has 0 saturated carbocycles. The number of hydrogen-bond donors (Lipinski definition) is 0. The molecule has 5 nitrogen and oxygen atoms in total. The molecule has 25 heavy (non-hydrogen) atoms. The Morgan fingerprint density at radius 1 is 1.28 bits per heavy atom. The fourth-order valence-corrected chi connectivity index (χ4v) is 5.40. The van der Waals surface area contributed by atoms with Crippen LogP contribution in [-0.4, -0.2) is 37.6 Å². The summed E-state index contributed by atoms with van der Waals surface area (Å²) >= 11 is 0. The SMILES string of the molecule is C[C@H]1CCCS(=O)(=O)N1Cc1ccc(N2CCC(C#N)CC2)cc1F. The Labute approximate surface area is 149 Å². The normalized spacial score (nSPS) is 24.8. The molecule has 3 rings (SSSR count). The number of piperidine rings is 1. The Morgan fingerprint density at radius 2 is 2.00 bits per heavy atom. The molecule has 0 spiro atoms. The average Bonchev–Trinajstić information content (AvgIpc) is 2.59. The summed E-state index contributed by atoms with van der Waals surface area (Å²) in [5.41, 5.74) is 1.21. The van der Waals surface area contributed by atoms with Crippen molar-refractivity contribution >= 4 is 15.7 Å². The molecule has 2 saturated heterocycles. The molecular weight excluding hydrogens is 341 g/mol. The van der Waals surface area contributed by atoms with Crippen molar-refractivity contribution < 1.29 is 12.8 Å². The third kappa shape index (κ3) is 3.96. The quantitative estimate of drug-likeness (QED) is 0.826. The van der Waals surface area contributed by atoms with Crippen molar-refractivity contribution in [1.29, 1.82) is 5.26 Å². The van der Waals surface area contributed by atoms with Gasteiger partial charge in [0.15, 0.2) is 0 Å². The van der Waals surface area contributed by atoms with E-state index in [-0.39, 0.29) is 30.1 Å². The van der Waals surface area contributed by atoms with E-state index in [1.54, 1.807) is 6.07 Å². The van der Waals surface area contributed by atoms with Crippen LogP contribution in [0.15, 0.2) is 18.2 Å². The number of nitriles is 1. The molecule has 0 amide bonds. The molecule has 0 aliphatic carbocycles. The number of sulfonamides is 1. The standard InChI is InChI=1S/C18H24FN3O2S/c1-14-3-2-10-25(23,24)22(14)13-16-4-5-17(11-18(16)19)21-8-6-15(12-20)7-9-21/h4-5,11,14-15H,2-3,6-10,13H2,1H3/t14-/m0/s1. The van der Waals surface area contributed by atoms with Crippen molar-refractivity contribution in [2.45, 2.75) is 45.2 Å². The monoisotopic (exact) mass is 365 g/mol. The minimum atomic E-state index is -3.30. The first kappa shape index (κ1) is 18.2. The van der Waals surface area contributed by atoms with Crippen molar-refractivity contribution in [3.8, 4) is 6.07 Å². The highest BCUT2D eigenvalue weighted by Crippen LogP contribution is 2.27. The van der Waals surface area contributed by atoms with Crippen LogP contribution in [0.4, 0.5) is 10.1 Å². The number of anilines is 1. The summed E-state index contributed by atoms with van der Waals surface area (Å²) in [6.45, 7) is 3.46. The van der Waals surface area contributed by atoms with E-state index >= 15 is 0 Å². The first-order valence-electron chi connectivity index (χ1n) is 8.83.